The Balaban J connectivity index is 1.57. The van der Waals surface area contributed by atoms with Gasteiger partial charge in [-0.25, -0.2) is 0 Å². The summed E-state index contributed by atoms with van der Waals surface area (Å²) in [6.45, 7) is 0. The minimum atomic E-state index is 0.0233. The summed E-state index contributed by atoms with van der Waals surface area (Å²) in [5, 5.41) is 2.37. The summed E-state index contributed by atoms with van der Waals surface area (Å²) in [5.41, 5.74) is 3.26. The highest BCUT2D eigenvalue weighted by atomic mass is 16.1. The lowest BCUT2D eigenvalue weighted by atomic mass is 10.0. The summed E-state index contributed by atoms with van der Waals surface area (Å²) in [6, 6.07) is 31.1. The number of carbonyl (C=O) groups is 1. The van der Waals surface area contributed by atoms with Gasteiger partial charge in [-0.05, 0) is 35.0 Å². The Morgan fingerprint density at radius 1 is 0.654 bits per heavy atom. The molecule has 0 aromatic heterocycles. The number of ketones is 1. The van der Waals surface area contributed by atoms with Gasteiger partial charge in [-0.15, -0.1) is 0 Å². The maximum absolute atomic E-state index is 12.4. The van der Waals surface area contributed by atoms with E-state index in [1.807, 2.05) is 79.0 Å². The fraction of sp³-hybridized carbons (Fsp3) is 0. The van der Waals surface area contributed by atoms with Crippen LogP contribution in [-0.2, 0) is 0 Å². The maximum Gasteiger partial charge on any atom is 0.193 e. The second-order valence-electron chi connectivity index (χ2n) is 6.07. The van der Waals surface area contributed by atoms with Crippen molar-refractivity contribution in [3.8, 4) is 0 Å². The summed E-state index contributed by atoms with van der Waals surface area (Å²) >= 11 is 0. The maximum atomic E-state index is 12.4. The van der Waals surface area contributed by atoms with Crippen LogP contribution in [0.25, 0.3) is 10.8 Å². The Morgan fingerprint density at radius 3 is 2.12 bits per heavy atom. The molecule has 0 atom stereocenters. The quantitative estimate of drug-likeness (QED) is 0.341. The average molecular weight is 335 g/mol. The molecule has 0 saturated heterocycles. The van der Waals surface area contributed by atoms with Gasteiger partial charge in [0.15, 0.2) is 5.78 Å². The molecular weight excluding hydrogens is 318 g/mol. The second-order valence-corrected chi connectivity index (χ2v) is 6.07. The van der Waals surface area contributed by atoms with Crippen molar-refractivity contribution >= 4 is 28.5 Å². The Bertz CT molecular complexity index is 1070. The van der Waals surface area contributed by atoms with Crippen molar-refractivity contribution in [3.05, 3.63) is 114 Å². The van der Waals surface area contributed by atoms with E-state index in [-0.39, 0.29) is 5.78 Å². The minimum absolute atomic E-state index is 0.0233. The van der Waals surface area contributed by atoms with E-state index in [4.69, 9.17) is 0 Å². The molecule has 0 fully saturated rings. The van der Waals surface area contributed by atoms with Crippen molar-refractivity contribution in [1.82, 2.24) is 0 Å². The van der Waals surface area contributed by atoms with Gasteiger partial charge in [0.05, 0.1) is 5.69 Å². The highest BCUT2D eigenvalue weighted by Gasteiger charge is 2.07. The second kappa shape index (κ2) is 7.16. The van der Waals surface area contributed by atoms with Crippen LogP contribution in [-0.4, -0.2) is 12.0 Å². The molecule has 26 heavy (non-hydrogen) atoms. The van der Waals surface area contributed by atoms with E-state index < -0.39 is 0 Å². The van der Waals surface area contributed by atoms with Gasteiger partial charge in [-0.3, -0.25) is 9.79 Å². The standard InChI is InChI=1S/C24H17NO/c26-24(19-8-2-1-3-9-19)20-13-15-22(16-14-20)25-17-21-11-6-10-18-7-4-5-12-23(18)21/h1-17H. The third-order valence-electron chi connectivity index (χ3n) is 4.34. The molecule has 0 aliphatic carbocycles. The zero-order valence-electron chi connectivity index (χ0n) is 14.2. The van der Waals surface area contributed by atoms with Crippen molar-refractivity contribution in [2.24, 2.45) is 4.99 Å². The summed E-state index contributed by atoms with van der Waals surface area (Å²) in [5.74, 6) is 0.0233. The van der Waals surface area contributed by atoms with Gasteiger partial charge in [0, 0.05) is 22.9 Å². The summed E-state index contributed by atoms with van der Waals surface area (Å²) in [7, 11) is 0. The molecule has 0 bridgehead atoms. The van der Waals surface area contributed by atoms with Crippen LogP contribution < -0.4 is 0 Å². The lowest BCUT2D eigenvalue weighted by Crippen LogP contribution is -2.00. The number of nitrogens with zero attached hydrogens (tertiary/aromatic N) is 1. The van der Waals surface area contributed by atoms with Gasteiger partial charge in [0.2, 0.25) is 0 Å². The fourth-order valence-corrected chi connectivity index (χ4v) is 2.96. The molecular formula is C24H17NO. The SMILES string of the molecule is O=C(c1ccccc1)c1ccc(N=Cc2cccc3ccccc23)cc1. The molecule has 0 unspecified atom stereocenters. The van der Waals surface area contributed by atoms with Gasteiger partial charge >= 0.3 is 0 Å². The van der Waals surface area contributed by atoms with Crippen molar-refractivity contribution < 1.29 is 4.79 Å². The Hall–Kier alpha value is -3.52. The van der Waals surface area contributed by atoms with Gasteiger partial charge in [-0.2, -0.15) is 0 Å². The van der Waals surface area contributed by atoms with Gasteiger partial charge in [0.1, 0.15) is 0 Å². The minimum Gasteiger partial charge on any atom is -0.289 e. The molecule has 2 heteroatoms. The fourth-order valence-electron chi connectivity index (χ4n) is 2.96. The predicted molar refractivity (Wildman–Crippen MR) is 108 cm³/mol. The molecule has 0 heterocycles. The van der Waals surface area contributed by atoms with Crippen molar-refractivity contribution in [3.63, 3.8) is 0 Å². The molecule has 0 amide bonds. The number of fused-ring (bicyclic) bond motifs is 1. The molecule has 0 radical (unpaired) electrons. The topological polar surface area (TPSA) is 29.4 Å². The lowest BCUT2D eigenvalue weighted by molar-refractivity contribution is 0.103. The number of hydrogen-bond acceptors (Lipinski definition) is 2. The monoisotopic (exact) mass is 335 g/mol. The van der Waals surface area contributed by atoms with Crippen LogP contribution in [0, 0.1) is 0 Å². The average Bonchev–Trinajstić information content (AvgIpc) is 2.73. The van der Waals surface area contributed by atoms with Gasteiger partial charge in [0.25, 0.3) is 0 Å². The van der Waals surface area contributed by atoms with E-state index in [9.17, 15) is 4.79 Å². The molecule has 2 nitrogen and oxygen atoms in total. The highest BCUT2D eigenvalue weighted by Crippen LogP contribution is 2.19. The molecule has 4 rings (SSSR count). The molecule has 4 aromatic rings. The normalized spacial score (nSPS) is 11.1. The summed E-state index contributed by atoms with van der Waals surface area (Å²) < 4.78 is 0. The van der Waals surface area contributed by atoms with Crippen molar-refractivity contribution in [2.75, 3.05) is 0 Å². The first kappa shape index (κ1) is 16.0. The Labute approximate surface area is 152 Å². The zero-order valence-corrected chi connectivity index (χ0v) is 14.2. The van der Waals surface area contributed by atoms with E-state index in [1.165, 1.54) is 10.8 Å². The third kappa shape index (κ3) is 3.31. The number of rotatable bonds is 4. The predicted octanol–water partition coefficient (Wildman–Crippen LogP) is 5.82. The van der Waals surface area contributed by atoms with Gasteiger partial charge in [-0.1, -0.05) is 72.8 Å². The number of aliphatic imine (C=N–C) groups is 1. The first-order valence-corrected chi connectivity index (χ1v) is 8.53. The smallest absolute Gasteiger partial charge is 0.193 e. The zero-order chi connectivity index (χ0) is 17.8. The van der Waals surface area contributed by atoms with Crippen molar-refractivity contribution in [2.45, 2.75) is 0 Å². The van der Waals surface area contributed by atoms with Crippen LogP contribution in [0.2, 0.25) is 0 Å². The van der Waals surface area contributed by atoms with Crippen LogP contribution in [0.15, 0.2) is 102 Å². The first-order chi connectivity index (χ1) is 12.8. The summed E-state index contributed by atoms with van der Waals surface area (Å²) in [6.07, 6.45) is 1.87. The lowest BCUT2D eigenvalue weighted by Gasteiger charge is -2.03. The first-order valence-electron chi connectivity index (χ1n) is 8.53. The molecule has 0 aliphatic heterocycles. The number of carbonyl (C=O) groups excluding carboxylic acids is 1. The van der Waals surface area contributed by atoms with E-state index in [0.29, 0.717) is 11.1 Å². The molecule has 0 saturated carbocycles. The molecule has 0 spiro atoms. The van der Waals surface area contributed by atoms with Crippen LogP contribution in [0.5, 0.6) is 0 Å². The van der Waals surface area contributed by atoms with Crippen LogP contribution in [0.1, 0.15) is 21.5 Å². The number of hydrogen-bond donors (Lipinski definition) is 0. The highest BCUT2D eigenvalue weighted by molar-refractivity contribution is 6.09. The molecule has 0 N–H and O–H groups in total. The Morgan fingerprint density at radius 2 is 1.31 bits per heavy atom. The molecule has 124 valence electrons. The number of benzene rings is 4. The Kier molecular flexibility index (Phi) is 4.40. The largest absolute Gasteiger partial charge is 0.289 e. The molecule has 4 aromatic carbocycles. The van der Waals surface area contributed by atoms with Gasteiger partial charge < -0.3 is 0 Å². The van der Waals surface area contributed by atoms with Crippen LogP contribution >= 0.6 is 0 Å². The van der Waals surface area contributed by atoms with Crippen LogP contribution in [0.3, 0.4) is 0 Å². The van der Waals surface area contributed by atoms with Crippen molar-refractivity contribution in [1.29, 1.82) is 0 Å². The summed E-state index contributed by atoms with van der Waals surface area (Å²) in [4.78, 5) is 17.0. The molecule has 0 aliphatic rings. The van der Waals surface area contributed by atoms with E-state index >= 15 is 0 Å². The van der Waals surface area contributed by atoms with E-state index in [2.05, 4.69) is 29.3 Å². The third-order valence-corrected chi connectivity index (χ3v) is 4.34. The van der Waals surface area contributed by atoms with E-state index in [1.54, 1.807) is 0 Å². The van der Waals surface area contributed by atoms with Crippen LogP contribution in [0.4, 0.5) is 5.69 Å². The van der Waals surface area contributed by atoms with E-state index in [0.717, 1.165) is 11.3 Å².